The molecule has 0 bridgehead atoms. The number of hydrogen-bond acceptors (Lipinski definition) is 2. The lowest BCUT2D eigenvalue weighted by Crippen LogP contribution is -2.45. The second kappa shape index (κ2) is 7.46. The molecule has 0 aromatic heterocycles. The lowest BCUT2D eigenvalue weighted by Gasteiger charge is -2.29. The number of aliphatic hydroxyl groups is 1. The molecule has 1 aromatic carbocycles. The van der Waals surface area contributed by atoms with Gasteiger partial charge >= 0.3 is 0 Å². The summed E-state index contributed by atoms with van der Waals surface area (Å²) in [5, 5.41) is 13.0. The smallest absolute Gasteiger partial charge is 0.0610 e. The summed E-state index contributed by atoms with van der Waals surface area (Å²) in [6.07, 6.45) is 4.67. The third kappa shape index (κ3) is 5.33. The maximum atomic E-state index is 9.50. The Labute approximate surface area is 105 Å². The Morgan fingerprint density at radius 3 is 2.47 bits per heavy atom. The first-order valence-corrected chi connectivity index (χ1v) is 6.60. The van der Waals surface area contributed by atoms with Crippen molar-refractivity contribution in [3.63, 3.8) is 0 Å². The fourth-order valence-corrected chi connectivity index (χ4v) is 1.90. The maximum Gasteiger partial charge on any atom is 0.0610 e. The summed E-state index contributed by atoms with van der Waals surface area (Å²) in [4.78, 5) is 0. The third-order valence-electron chi connectivity index (χ3n) is 3.24. The largest absolute Gasteiger partial charge is 0.394 e. The Bertz CT molecular complexity index is 299. The van der Waals surface area contributed by atoms with Gasteiger partial charge in [-0.05, 0) is 18.9 Å². The summed E-state index contributed by atoms with van der Waals surface area (Å²) in [5.74, 6) is 0. The first-order chi connectivity index (χ1) is 8.20. The van der Waals surface area contributed by atoms with Crippen molar-refractivity contribution in [2.75, 3.05) is 6.61 Å². The second-order valence-corrected chi connectivity index (χ2v) is 5.02. The minimum Gasteiger partial charge on any atom is -0.394 e. The van der Waals surface area contributed by atoms with Crippen LogP contribution < -0.4 is 5.32 Å². The van der Waals surface area contributed by atoms with Crippen LogP contribution in [0, 0.1) is 0 Å². The average Bonchev–Trinajstić information content (AvgIpc) is 2.38. The third-order valence-corrected chi connectivity index (χ3v) is 3.24. The summed E-state index contributed by atoms with van der Waals surface area (Å²) in [5.41, 5.74) is 1.12. The minimum absolute atomic E-state index is 0.148. The van der Waals surface area contributed by atoms with Gasteiger partial charge in [0, 0.05) is 12.1 Å². The van der Waals surface area contributed by atoms with E-state index in [1.54, 1.807) is 0 Å². The molecular formula is C15H25NO. The summed E-state index contributed by atoms with van der Waals surface area (Å²) in [6.45, 7) is 5.33. The zero-order chi connectivity index (χ0) is 12.6. The van der Waals surface area contributed by atoms with Gasteiger partial charge in [0.1, 0.15) is 0 Å². The molecule has 2 N–H and O–H groups in total. The van der Waals surface area contributed by atoms with Crippen LogP contribution in [0.4, 0.5) is 0 Å². The van der Waals surface area contributed by atoms with E-state index in [0.29, 0.717) is 0 Å². The van der Waals surface area contributed by atoms with Crippen molar-refractivity contribution in [1.82, 2.24) is 5.32 Å². The molecule has 0 radical (unpaired) electrons. The van der Waals surface area contributed by atoms with E-state index in [1.165, 1.54) is 24.8 Å². The Balaban J connectivity index is 2.40. The monoisotopic (exact) mass is 235 g/mol. The Morgan fingerprint density at radius 1 is 1.18 bits per heavy atom. The Hall–Kier alpha value is -0.860. The highest BCUT2D eigenvalue weighted by molar-refractivity contribution is 5.14. The number of nitrogens with one attached hydrogen (secondary N) is 1. The van der Waals surface area contributed by atoms with Crippen LogP contribution in [0.3, 0.4) is 0 Å². The molecule has 0 fully saturated rings. The normalized spacial score (nSPS) is 14.5. The van der Waals surface area contributed by atoms with Crippen molar-refractivity contribution in [3.8, 4) is 0 Å². The van der Waals surface area contributed by atoms with Gasteiger partial charge in [-0.1, -0.05) is 56.5 Å². The highest BCUT2D eigenvalue weighted by Crippen LogP contribution is 2.15. The molecule has 96 valence electrons. The van der Waals surface area contributed by atoms with Crippen LogP contribution in [0.2, 0.25) is 0 Å². The molecule has 1 rings (SSSR count). The number of unbranched alkanes of at least 4 members (excludes halogenated alkanes) is 2. The molecule has 0 heterocycles. The standard InChI is InChI=1S/C15H25NO/c1-3-4-8-11-15(2,13-17)16-12-14-9-6-5-7-10-14/h5-7,9-10,16-17H,3-4,8,11-13H2,1-2H3. The van der Waals surface area contributed by atoms with Gasteiger partial charge in [-0.15, -0.1) is 0 Å². The summed E-state index contributed by atoms with van der Waals surface area (Å²) >= 11 is 0. The summed E-state index contributed by atoms with van der Waals surface area (Å²) < 4.78 is 0. The van der Waals surface area contributed by atoms with E-state index in [-0.39, 0.29) is 12.1 Å². The van der Waals surface area contributed by atoms with Gasteiger partial charge in [0.15, 0.2) is 0 Å². The molecule has 0 saturated heterocycles. The molecule has 0 aliphatic carbocycles. The topological polar surface area (TPSA) is 32.3 Å². The molecule has 2 heteroatoms. The molecule has 1 unspecified atom stereocenters. The lowest BCUT2D eigenvalue weighted by molar-refractivity contribution is 0.161. The predicted molar refractivity (Wildman–Crippen MR) is 72.9 cm³/mol. The zero-order valence-electron chi connectivity index (χ0n) is 11.1. The van der Waals surface area contributed by atoms with Crippen molar-refractivity contribution >= 4 is 0 Å². The summed E-state index contributed by atoms with van der Waals surface area (Å²) in [6, 6.07) is 10.3. The van der Waals surface area contributed by atoms with Crippen molar-refractivity contribution in [1.29, 1.82) is 0 Å². The van der Waals surface area contributed by atoms with Crippen LogP contribution >= 0.6 is 0 Å². The van der Waals surface area contributed by atoms with E-state index in [1.807, 2.05) is 18.2 Å². The van der Waals surface area contributed by atoms with Crippen LogP contribution in [0.5, 0.6) is 0 Å². The maximum absolute atomic E-state index is 9.50. The fourth-order valence-electron chi connectivity index (χ4n) is 1.90. The molecule has 0 saturated carbocycles. The quantitative estimate of drug-likeness (QED) is 0.679. The van der Waals surface area contributed by atoms with Gasteiger partial charge < -0.3 is 10.4 Å². The lowest BCUT2D eigenvalue weighted by atomic mass is 9.95. The fraction of sp³-hybridized carbons (Fsp3) is 0.600. The van der Waals surface area contributed by atoms with E-state index in [2.05, 4.69) is 31.3 Å². The average molecular weight is 235 g/mol. The molecule has 0 aliphatic heterocycles. The number of rotatable bonds is 8. The molecule has 0 amide bonds. The predicted octanol–water partition coefficient (Wildman–Crippen LogP) is 3.11. The van der Waals surface area contributed by atoms with Crippen LogP contribution in [-0.2, 0) is 6.54 Å². The molecular weight excluding hydrogens is 210 g/mol. The van der Waals surface area contributed by atoms with Crippen molar-refractivity contribution < 1.29 is 5.11 Å². The van der Waals surface area contributed by atoms with Crippen LogP contribution in [0.1, 0.15) is 45.1 Å². The number of benzene rings is 1. The SMILES string of the molecule is CCCCCC(C)(CO)NCc1ccccc1. The number of aliphatic hydroxyl groups excluding tert-OH is 1. The minimum atomic E-state index is -0.148. The molecule has 0 aliphatic rings. The van der Waals surface area contributed by atoms with Crippen molar-refractivity contribution in [2.45, 2.75) is 51.6 Å². The van der Waals surface area contributed by atoms with Crippen molar-refractivity contribution in [3.05, 3.63) is 35.9 Å². The second-order valence-electron chi connectivity index (χ2n) is 5.02. The first-order valence-electron chi connectivity index (χ1n) is 6.60. The Morgan fingerprint density at radius 2 is 1.88 bits per heavy atom. The van der Waals surface area contributed by atoms with E-state index < -0.39 is 0 Å². The van der Waals surface area contributed by atoms with Crippen LogP contribution in [0.25, 0.3) is 0 Å². The Kier molecular flexibility index (Phi) is 6.23. The van der Waals surface area contributed by atoms with Gasteiger partial charge in [0.05, 0.1) is 6.61 Å². The van der Waals surface area contributed by atoms with Gasteiger partial charge in [0.25, 0.3) is 0 Å². The molecule has 1 aromatic rings. The van der Waals surface area contributed by atoms with Gasteiger partial charge in [-0.3, -0.25) is 0 Å². The summed E-state index contributed by atoms with van der Waals surface area (Å²) in [7, 11) is 0. The molecule has 2 nitrogen and oxygen atoms in total. The molecule has 17 heavy (non-hydrogen) atoms. The van der Waals surface area contributed by atoms with E-state index in [9.17, 15) is 5.11 Å². The van der Waals surface area contributed by atoms with E-state index in [4.69, 9.17) is 0 Å². The highest BCUT2D eigenvalue weighted by Gasteiger charge is 2.21. The van der Waals surface area contributed by atoms with E-state index >= 15 is 0 Å². The van der Waals surface area contributed by atoms with Crippen LogP contribution in [-0.4, -0.2) is 17.3 Å². The van der Waals surface area contributed by atoms with Gasteiger partial charge in [-0.25, -0.2) is 0 Å². The van der Waals surface area contributed by atoms with Gasteiger partial charge in [-0.2, -0.15) is 0 Å². The number of hydrogen-bond donors (Lipinski definition) is 2. The molecule has 1 atom stereocenters. The molecule has 0 spiro atoms. The first kappa shape index (κ1) is 14.2. The van der Waals surface area contributed by atoms with Crippen LogP contribution in [0.15, 0.2) is 30.3 Å². The highest BCUT2D eigenvalue weighted by atomic mass is 16.3. The van der Waals surface area contributed by atoms with Crippen molar-refractivity contribution in [2.24, 2.45) is 0 Å². The zero-order valence-corrected chi connectivity index (χ0v) is 11.1. The van der Waals surface area contributed by atoms with E-state index in [0.717, 1.165) is 13.0 Å². The van der Waals surface area contributed by atoms with Gasteiger partial charge in [0.2, 0.25) is 0 Å².